The first-order valence-electron chi connectivity index (χ1n) is 6.23. The smallest absolute Gasteiger partial charge is 0.0587 e. The first-order valence-corrected chi connectivity index (χ1v) is 7.11. The molecule has 0 aliphatic carbocycles. The van der Waals surface area contributed by atoms with E-state index in [2.05, 4.69) is 34.8 Å². The van der Waals surface area contributed by atoms with Gasteiger partial charge in [-0.3, -0.25) is 0 Å². The average Bonchev–Trinajstić information content (AvgIpc) is 2.84. The Kier molecular flexibility index (Phi) is 8.26. The number of rotatable bonds is 10. The van der Waals surface area contributed by atoms with Gasteiger partial charge in [0.1, 0.15) is 0 Å². The summed E-state index contributed by atoms with van der Waals surface area (Å²) in [7, 11) is 3.93. The molecule has 0 amide bonds. The number of hydrogen-bond acceptors (Lipinski definition) is 4. The van der Waals surface area contributed by atoms with E-state index in [1.54, 1.807) is 7.11 Å². The van der Waals surface area contributed by atoms with Gasteiger partial charge in [0.2, 0.25) is 0 Å². The molecule has 0 unspecified atom stereocenters. The second kappa shape index (κ2) is 9.59. The Morgan fingerprint density at radius 1 is 1.35 bits per heavy atom. The zero-order valence-electron chi connectivity index (χ0n) is 10.9. The SMILES string of the molecule is COCCNCCCN(C)CCc1cccs1. The molecule has 0 aliphatic rings. The normalized spacial score (nSPS) is 11.2. The topological polar surface area (TPSA) is 24.5 Å². The van der Waals surface area contributed by atoms with Crippen molar-refractivity contribution in [2.45, 2.75) is 12.8 Å². The Bertz CT molecular complexity index is 264. The first kappa shape index (κ1) is 14.6. The molecule has 0 fully saturated rings. The van der Waals surface area contributed by atoms with E-state index in [4.69, 9.17) is 4.74 Å². The molecule has 1 aromatic heterocycles. The third-order valence-corrected chi connectivity index (χ3v) is 3.63. The van der Waals surface area contributed by atoms with Crippen LogP contribution in [-0.4, -0.2) is 51.8 Å². The summed E-state index contributed by atoms with van der Waals surface area (Å²) in [6, 6.07) is 4.34. The lowest BCUT2D eigenvalue weighted by atomic mass is 10.3. The summed E-state index contributed by atoms with van der Waals surface area (Å²) in [5.41, 5.74) is 0. The molecule has 98 valence electrons. The maximum absolute atomic E-state index is 4.98. The van der Waals surface area contributed by atoms with E-state index in [-0.39, 0.29) is 0 Å². The Morgan fingerprint density at radius 3 is 2.94 bits per heavy atom. The largest absolute Gasteiger partial charge is 0.383 e. The van der Waals surface area contributed by atoms with Crippen molar-refractivity contribution in [3.63, 3.8) is 0 Å². The number of ether oxygens (including phenoxy) is 1. The predicted octanol–water partition coefficient (Wildman–Crippen LogP) is 1.85. The van der Waals surface area contributed by atoms with Crippen LogP contribution >= 0.6 is 11.3 Å². The second-order valence-electron chi connectivity index (χ2n) is 4.23. The summed E-state index contributed by atoms with van der Waals surface area (Å²) in [6.45, 7) is 5.14. The monoisotopic (exact) mass is 256 g/mol. The highest BCUT2D eigenvalue weighted by Crippen LogP contribution is 2.09. The molecule has 1 rings (SSSR count). The highest BCUT2D eigenvalue weighted by molar-refractivity contribution is 7.09. The van der Waals surface area contributed by atoms with E-state index in [1.807, 2.05) is 11.3 Å². The van der Waals surface area contributed by atoms with E-state index in [0.29, 0.717) is 0 Å². The number of likely N-dealkylation sites (N-methyl/N-ethyl adjacent to an activating group) is 1. The molecule has 0 saturated carbocycles. The van der Waals surface area contributed by atoms with Crippen LogP contribution < -0.4 is 5.32 Å². The molecule has 0 atom stereocenters. The minimum absolute atomic E-state index is 0.800. The molecular weight excluding hydrogens is 232 g/mol. The molecule has 0 radical (unpaired) electrons. The summed E-state index contributed by atoms with van der Waals surface area (Å²) >= 11 is 1.85. The maximum atomic E-state index is 4.98. The molecule has 1 N–H and O–H groups in total. The third-order valence-electron chi connectivity index (χ3n) is 2.70. The lowest BCUT2D eigenvalue weighted by Crippen LogP contribution is -2.27. The van der Waals surface area contributed by atoms with Crippen molar-refractivity contribution < 1.29 is 4.74 Å². The maximum Gasteiger partial charge on any atom is 0.0587 e. The van der Waals surface area contributed by atoms with Gasteiger partial charge < -0.3 is 15.0 Å². The second-order valence-corrected chi connectivity index (χ2v) is 5.26. The van der Waals surface area contributed by atoms with Gasteiger partial charge in [-0.15, -0.1) is 11.3 Å². The quantitative estimate of drug-likeness (QED) is 0.647. The Labute approximate surface area is 109 Å². The van der Waals surface area contributed by atoms with Crippen LogP contribution in [0.2, 0.25) is 0 Å². The van der Waals surface area contributed by atoms with Crippen LogP contribution in [0.15, 0.2) is 17.5 Å². The van der Waals surface area contributed by atoms with Crippen LogP contribution in [-0.2, 0) is 11.2 Å². The van der Waals surface area contributed by atoms with Gasteiger partial charge in [-0.25, -0.2) is 0 Å². The summed E-state index contributed by atoms with van der Waals surface area (Å²) in [5.74, 6) is 0. The van der Waals surface area contributed by atoms with Crippen molar-refractivity contribution in [3.05, 3.63) is 22.4 Å². The highest BCUT2D eigenvalue weighted by Gasteiger charge is 1.99. The van der Waals surface area contributed by atoms with Crippen LogP contribution in [0.25, 0.3) is 0 Å². The van der Waals surface area contributed by atoms with Gasteiger partial charge in [0.15, 0.2) is 0 Å². The fourth-order valence-electron chi connectivity index (χ4n) is 1.64. The minimum Gasteiger partial charge on any atom is -0.383 e. The molecule has 0 aliphatic heterocycles. The van der Waals surface area contributed by atoms with Crippen LogP contribution in [0.3, 0.4) is 0 Å². The zero-order chi connectivity index (χ0) is 12.3. The molecule has 4 heteroatoms. The summed E-state index contributed by atoms with van der Waals surface area (Å²) in [6.07, 6.45) is 2.37. The summed E-state index contributed by atoms with van der Waals surface area (Å²) in [5, 5.41) is 5.51. The van der Waals surface area contributed by atoms with Gasteiger partial charge >= 0.3 is 0 Å². The van der Waals surface area contributed by atoms with Crippen molar-refractivity contribution in [2.75, 3.05) is 46.9 Å². The van der Waals surface area contributed by atoms with Gasteiger partial charge in [-0.2, -0.15) is 0 Å². The standard InChI is InChI=1S/C13H24N2OS/c1-15(9-4-7-14-8-11-16-2)10-6-13-5-3-12-17-13/h3,5,12,14H,4,6-11H2,1-2H3. The van der Waals surface area contributed by atoms with Crippen molar-refractivity contribution in [1.29, 1.82) is 0 Å². The van der Waals surface area contributed by atoms with Gasteiger partial charge in [-0.1, -0.05) is 6.07 Å². The van der Waals surface area contributed by atoms with Crippen molar-refractivity contribution in [1.82, 2.24) is 10.2 Å². The van der Waals surface area contributed by atoms with Gasteiger partial charge in [0.25, 0.3) is 0 Å². The lowest BCUT2D eigenvalue weighted by molar-refractivity contribution is 0.199. The Balaban J connectivity index is 1.92. The number of thiophene rings is 1. The van der Waals surface area contributed by atoms with E-state index in [0.717, 1.165) is 32.8 Å². The van der Waals surface area contributed by atoms with Crippen molar-refractivity contribution in [3.8, 4) is 0 Å². The van der Waals surface area contributed by atoms with Crippen LogP contribution in [0, 0.1) is 0 Å². The molecule has 0 bridgehead atoms. The average molecular weight is 256 g/mol. The van der Waals surface area contributed by atoms with Gasteiger partial charge in [-0.05, 0) is 44.4 Å². The van der Waals surface area contributed by atoms with Crippen LogP contribution in [0.1, 0.15) is 11.3 Å². The number of nitrogens with zero attached hydrogens (tertiary/aromatic N) is 1. The molecule has 3 nitrogen and oxygen atoms in total. The molecular formula is C13H24N2OS. The van der Waals surface area contributed by atoms with E-state index in [9.17, 15) is 0 Å². The van der Waals surface area contributed by atoms with E-state index < -0.39 is 0 Å². The lowest BCUT2D eigenvalue weighted by Gasteiger charge is -2.16. The molecule has 1 heterocycles. The van der Waals surface area contributed by atoms with Gasteiger partial charge in [0, 0.05) is 25.1 Å². The fraction of sp³-hybridized carbons (Fsp3) is 0.692. The highest BCUT2D eigenvalue weighted by atomic mass is 32.1. The number of methoxy groups -OCH3 is 1. The van der Waals surface area contributed by atoms with E-state index in [1.165, 1.54) is 17.7 Å². The fourth-order valence-corrected chi connectivity index (χ4v) is 2.34. The molecule has 17 heavy (non-hydrogen) atoms. The molecule has 0 aromatic carbocycles. The molecule has 0 spiro atoms. The van der Waals surface area contributed by atoms with Crippen LogP contribution in [0.5, 0.6) is 0 Å². The van der Waals surface area contributed by atoms with Crippen molar-refractivity contribution >= 4 is 11.3 Å². The number of nitrogens with one attached hydrogen (secondary N) is 1. The predicted molar refractivity (Wildman–Crippen MR) is 74.9 cm³/mol. The summed E-state index contributed by atoms with van der Waals surface area (Å²) in [4.78, 5) is 3.88. The van der Waals surface area contributed by atoms with Gasteiger partial charge in [0.05, 0.1) is 6.61 Å². The Morgan fingerprint density at radius 2 is 2.24 bits per heavy atom. The molecule has 0 saturated heterocycles. The summed E-state index contributed by atoms with van der Waals surface area (Å²) < 4.78 is 4.98. The Hall–Kier alpha value is -0.420. The minimum atomic E-state index is 0.800. The first-order chi connectivity index (χ1) is 8.33. The third kappa shape index (κ3) is 7.49. The van der Waals surface area contributed by atoms with Crippen LogP contribution in [0.4, 0.5) is 0 Å². The van der Waals surface area contributed by atoms with Crippen molar-refractivity contribution in [2.24, 2.45) is 0 Å². The van der Waals surface area contributed by atoms with E-state index >= 15 is 0 Å². The molecule has 1 aromatic rings. The number of hydrogen-bond donors (Lipinski definition) is 1. The zero-order valence-corrected chi connectivity index (χ0v) is 11.8.